The maximum Gasteiger partial charge on any atom is 0.241 e. The molecule has 2 heterocycles. The summed E-state index contributed by atoms with van der Waals surface area (Å²) >= 11 is 0. The molecule has 1 fully saturated rings. The lowest BCUT2D eigenvalue weighted by Crippen LogP contribution is -2.35. The van der Waals surface area contributed by atoms with Crippen LogP contribution in [0.15, 0.2) is 36.7 Å². The Kier molecular flexibility index (Phi) is 7.02. The van der Waals surface area contributed by atoms with Crippen LogP contribution in [-0.4, -0.2) is 39.3 Å². The molecule has 1 aliphatic rings. The first-order valence-electron chi connectivity index (χ1n) is 6.93. The summed E-state index contributed by atoms with van der Waals surface area (Å²) in [5.41, 5.74) is 1.67. The van der Waals surface area contributed by atoms with Crippen molar-refractivity contribution in [3.05, 3.63) is 36.7 Å². The molecule has 2 unspecified atom stereocenters. The van der Waals surface area contributed by atoms with Crippen LogP contribution in [0.25, 0.3) is 11.4 Å². The number of aromatic nitrogens is 2. The average molecular weight is 359 g/mol. The molecular formula is C15H20Cl2N4O2. The summed E-state index contributed by atoms with van der Waals surface area (Å²) < 4.78 is 1.93. The molecule has 0 spiro atoms. The SMILES string of the molecule is Cl.Cl.Cn1ccnc1-c1cccc(NC(=O)C2CC(O)CN2)c1. The van der Waals surface area contributed by atoms with Gasteiger partial charge in [0.1, 0.15) is 5.82 Å². The number of aliphatic hydroxyl groups is 1. The smallest absolute Gasteiger partial charge is 0.241 e. The summed E-state index contributed by atoms with van der Waals surface area (Å²) in [7, 11) is 1.93. The van der Waals surface area contributed by atoms with Gasteiger partial charge in [0.25, 0.3) is 0 Å². The predicted molar refractivity (Wildman–Crippen MR) is 94.2 cm³/mol. The number of aliphatic hydroxyl groups excluding tert-OH is 1. The Morgan fingerprint density at radius 2 is 2.22 bits per heavy atom. The molecule has 0 saturated carbocycles. The number of hydrogen-bond donors (Lipinski definition) is 3. The third kappa shape index (κ3) is 4.45. The van der Waals surface area contributed by atoms with E-state index in [4.69, 9.17) is 0 Å². The first-order chi connectivity index (χ1) is 10.1. The molecule has 1 aliphatic heterocycles. The number of hydrogen-bond acceptors (Lipinski definition) is 4. The number of benzene rings is 1. The number of nitrogens with one attached hydrogen (secondary N) is 2. The lowest BCUT2D eigenvalue weighted by Gasteiger charge is -2.12. The molecule has 1 saturated heterocycles. The molecule has 0 bridgehead atoms. The van der Waals surface area contributed by atoms with Crippen molar-refractivity contribution in [3.8, 4) is 11.4 Å². The van der Waals surface area contributed by atoms with Crippen LogP contribution < -0.4 is 10.6 Å². The molecule has 2 aromatic rings. The van der Waals surface area contributed by atoms with Gasteiger partial charge in [0.05, 0.1) is 12.1 Å². The highest BCUT2D eigenvalue weighted by atomic mass is 35.5. The number of amides is 1. The number of carbonyl (C=O) groups is 1. The van der Waals surface area contributed by atoms with E-state index in [9.17, 15) is 9.90 Å². The van der Waals surface area contributed by atoms with Gasteiger partial charge >= 0.3 is 0 Å². The molecular weight excluding hydrogens is 339 g/mol. The summed E-state index contributed by atoms with van der Waals surface area (Å²) in [6.45, 7) is 0.464. The minimum atomic E-state index is -0.445. The monoisotopic (exact) mass is 358 g/mol. The summed E-state index contributed by atoms with van der Waals surface area (Å²) in [6, 6.07) is 7.24. The molecule has 3 N–H and O–H groups in total. The first kappa shape index (κ1) is 19.4. The van der Waals surface area contributed by atoms with Crippen LogP contribution in [0.2, 0.25) is 0 Å². The van der Waals surface area contributed by atoms with Crippen LogP contribution in [0.1, 0.15) is 6.42 Å². The second-order valence-electron chi connectivity index (χ2n) is 5.28. The van der Waals surface area contributed by atoms with Gasteiger partial charge in [-0.2, -0.15) is 0 Å². The van der Waals surface area contributed by atoms with Crippen molar-refractivity contribution in [2.45, 2.75) is 18.6 Å². The van der Waals surface area contributed by atoms with Gasteiger partial charge in [0.2, 0.25) is 5.91 Å². The second kappa shape index (κ2) is 8.31. The van der Waals surface area contributed by atoms with E-state index in [-0.39, 0.29) is 36.8 Å². The Bertz CT molecular complexity index is 662. The topological polar surface area (TPSA) is 79.2 Å². The van der Waals surface area contributed by atoms with Crippen LogP contribution in [-0.2, 0) is 11.8 Å². The van der Waals surface area contributed by atoms with Crippen molar-refractivity contribution in [2.75, 3.05) is 11.9 Å². The zero-order valence-corrected chi connectivity index (χ0v) is 14.2. The largest absolute Gasteiger partial charge is 0.392 e. The van der Waals surface area contributed by atoms with Crippen LogP contribution in [0, 0.1) is 0 Å². The van der Waals surface area contributed by atoms with E-state index in [1.807, 2.05) is 42.1 Å². The van der Waals surface area contributed by atoms with Crippen LogP contribution in [0.4, 0.5) is 5.69 Å². The molecule has 3 rings (SSSR count). The Labute approximate surface area is 147 Å². The molecule has 6 nitrogen and oxygen atoms in total. The van der Waals surface area contributed by atoms with E-state index in [2.05, 4.69) is 15.6 Å². The van der Waals surface area contributed by atoms with Crippen molar-refractivity contribution in [3.63, 3.8) is 0 Å². The fraction of sp³-hybridized carbons (Fsp3) is 0.333. The highest BCUT2D eigenvalue weighted by Gasteiger charge is 2.27. The average Bonchev–Trinajstić information content (AvgIpc) is 3.08. The molecule has 1 aromatic heterocycles. The van der Waals surface area contributed by atoms with Crippen molar-refractivity contribution in [1.82, 2.24) is 14.9 Å². The standard InChI is InChI=1S/C15H18N4O2.2ClH/c1-19-6-5-16-14(19)10-3-2-4-11(7-10)18-15(21)13-8-12(20)9-17-13;;/h2-7,12-13,17,20H,8-9H2,1H3,(H,18,21);2*1H. The van der Waals surface area contributed by atoms with Gasteiger partial charge in [0.15, 0.2) is 0 Å². The van der Waals surface area contributed by atoms with Crippen LogP contribution in [0.5, 0.6) is 0 Å². The first-order valence-corrected chi connectivity index (χ1v) is 6.93. The minimum Gasteiger partial charge on any atom is -0.392 e. The van der Waals surface area contributed by atoms with Crippen LogP contribution >= 0.6 is 24.8 Å². The Balaban J connectivity index is 0.00000132. The van der Waals surface area contributed by atoms with E-state index < -0.39 is 6.10 Å². The molecule has 2 atom stereocenters. The second-order valence-corrected chi connectivity index (χ2v) is 5.28. The third-order valence-electron chi connectivity index (χ3n) is 3.63. The molecule has 1 aromatic carbocycles. The zero-order chi connectivity index (χ0) is 14.8. The number of β-amino-alcohol motifs (C(OH)–C–C–N with tert-alkyl or cyclic N) is 1. The third-order valence-corrected chi connectivity index (χ3v) is 3.63. The summed E-state index contributed by atoms with van der Waals surface area (Å²) in [5.74, 6) is 0.726. The Morgan fingerprint density at radius 1 is 1.43 bits per heavy atom. The van der Waals surface area contributed by atoms with E-state index >= 15 is 0 Å². The number of carbonyl (C=O) groups excluding carboxylic acids is 1. The number of imidazole rings is 1. The lowest BCUT2D eigenvalue weighted by molar-refractivity contribution is -0.117. The molecule has 8 heteroatoms. The summed E-state index contributed by atoms with van der Waals surface area (Å²) in [6.07, 6.45) is 3.62. The van der Waals surface area contributed by atoms with Gasteiger partial charge in [-0.1, -0.05) is 12.1 Å². The highest BCUT2D eigenvalue weighted by Crippen LogP contribution is 2.21. The number of aryl methyl sites for hydroxylation is 1. The van der Waals surface area contributed by atoms with Crippen molar-refractivity contribution in [2.24, 2.45) is 7.05 Å². The van der Waals surface area contributed by atoms with Gasteiger partial charge in [0, 0.05) is 37.2 Å². The number of nitrogens with zero attached hydrogens (tertiary/aromatic N) is 2. The van der Waals surface area contributed by atoms with Gasteiger partial charge in [-0.05, 0) is 18.6 Å². The summed E-state index contributed by atoms with van der Waals surface area (Å²) in [4.78, 5) is 16.4. The molecule has 23 heavy (non-hydrogen) atoms. The predicted octanol–water partition coefficient (Wildman–Crippen LogP) is 1.59. The maximum absolute atomic E-state index is 12.1. The Hall–Kier alpha value is -1.60. The van der Waals surface area contributed by atoms with Gasteiger partial charge < -0.3 is 20.3 Å². The number of halogens is 2. The number of rotatable bonds is 3. The van der Waals surface area contributed by atoms with Crippen molar-refractivity contribution in [1.29, 1.82) is 0 Å². The van der Waals surface area contributed by atoms with Crippen LogP contribution in [0.3, 0.4) is 0 Å². The van der Waals surface area contributed by atoms with E-state index in [1.54, 1.807) is 6.20 Å². The maximum atomic E-state index is 12.1. The fourth-order valence-electron chi connectivity index (χ4n) is 2.53. The van der Waals surface area contributed by atoms with Gasteiger partial charge in [-0.3, -0.25) is 4.79 Å². The van der Waals surface area contributed by atoms with E-state index in [1.165, 1.54) is 0 Å². The van der Waals surface area contributed by atoms with E-state index in [0.717, 1.165) is 17.1 Å². The molecule has 126 valence electrons. The molecule has 0 aliphatic carbocycles. The van der Waals surface area contributed by atoms with Gasteiger partial charge in [-0.25, -0.2) is 4.98 Å². The minimum absolute atomic E-state index is 0. The fourth-order valence-corrected chi connectivity index (χ4v) is 2.53. The Morgan fingerprint density at radius 3 is 2.83 bits per heavy atom. The quantitative estimate of drug-likeness (QED) is 0.778. The summed E-state index contributed by atoms with van der Waals surface area (Å²) in [5, 5.41) is 15.3. The van der Waals surface area contributed by atoms with E-state index in [0.29, 0.717) is 13.0 Å². The lowest BCUT2D eigenvalue weighted by atomic mass is 10.1. The van der Waals surface area contributed by atoms with Crippen molar-refractivity contribution < 1.29 is 9.90 Å². The zero-order valence-electron chi connectivity index (χ0n) is 12.6. The molecule has 1 amide bonds. The van der Waals surface area contributed by atoms with Crippen molar-refractivity contribution >= 4 is 36.4 Å². The molecule has 0 radical (unpaired) electrons. The number of anilines is 1. The highest BCUT2D eigenvalue weighted by molar-refractivity contribution is 5.95. The van der Waals surface area contributed by atoms with Gasteiger partial charge in [-0.15, -0.1) is 24.8 Å². The normalized spacial score (nSPS) is 19.6.